The number of urea groups is 1. The van der Waals surface area contributed by atoms with E-state index in [9.17, 15) is 4.79 Å². The van der Waals surface area contributed by atoms with Crippen molar-refractivity contribution in [1.29, 1.82) is 0 Å². The van der Waals surface area contributed by atoms with Crippen LogP contribution in [0, 0.1) is 0 Å². The standard InChI is InChI=1S/C27H28N4O3/c1-33-22-13-11-21(12-14-22)28-27(32)30-15-6-8-20(18-30)26-29-25(24-10-3-4-16-31(24)26)19-7-5-9-23(17-19)34-2/h3-5,7,9-14,16-17,20H,6,8,15,18H2,1-2H3,(H,28,32)/t20-/m1/s1. The van der Waals surface area contributed by atoms with E-state index in [1.807, 2.05) is 59.5 Å². The number of fused-ring (bicyclic) bond motifs is 1. The first-order chi connectivity index (χ1) is 16.7. The number of piperidine rings is 1. The molecule has 0 saturated carbocycles. The molecule has 7 nitrogen and oxygen atoms in total. The fourth-order valence-electron chi connectivity index (χ4n) is 4.58. The molecule has 7 heteroatoms. The fourth-order valence-corrected chi connectivity index (χ4v) is 4.58. The lowest BCUT2D eigenvalue weighted by molar-refractivity contribution is 0.191. The first-order valence-electron chi connectivity index (χ1n) is 11.5. The number of hydrogen-bond acceptors (Lipinski definition) is 4. The second-order valence-electron chi connectivity index (χ2n) is 8.45. The molecule has 5 rings (SSSR count). The van der Waals surface area contributed by atoms with Crippen LogP contribution in [0.15, 0.2) is 72.9 Å². The topological polar surface area (TPSA) is 68.1 Å². The van der Waals surface area contributed by atoms with Crippen molar-refractivity contribution in [2.24, 2.45) is 0 Å². The molecule has 0 radical (unpaired) electrons. The first-order valence-corrected chi connectivity index (χ1v) is 11.5. The number of anilines is 1. The second kappa shape index (κ2) is 9.47. The third-order valence-corrected chi connectivity index (χ3v) is 6.33. The van der Waals surface area contributed by atoms with Gasteiger partial charge in [-0.25, -0.2) is 9.78 Å². The largest absolute Gasteiger partial charge is 0.497 e. The average molecular weight is 457 g/mol. The summed E-state index contributed by atoms with van der Waals surface area (Å²) in [6, 6.07) is 21.4. The number of pyridine rings is 1. The van der Waals surface area contributed by atoms with Crippen LogP contribution in [-0.2, 0) is 0 Å². The maximum absolute atomic E-state index is 13.0. The molecular formula is C27H28N4O3. The van der Waals surface area contributed by atoms with Gasteiger partial charge in [-0.15, -0.1) is 0 Å². The minimum atomic E-state index is -0.0938. The Morgan fingerprint density at radius 2 is 1.82 bits per heavy atom. The summed E-state index contributed by atoms with van der Waals surface area (Å²) >= 11 is 0. The molecular weight excluding hydrogens is 428 g/mol. The van der Waals surface area contributed by atoms with Gasteiger partial charge in [0.05, 0.1) is 25.4 Å². The zero-order valence-corrected chi connectivity index (χ0v) is 19.4. The monoisotopic (exact) mass is 456 g/mol. The highest BCUT2D eigenvalue weighted by molar-refractivity contribution is 5.89. The summed E-state index contributed by atoms with van der Waals surface area (Å²) in [4.78, 5) is 20.0. The van der Waals surface area contributed by atoms with Crippen LogP contribution >= 0.6 is 0 Å². The number of methoxy groups -OCH3 is 2. The number of carbonyl (C=O) groups is 1. The summed E-state index contributed by atoms with van der Waals surface area (Å²) in [5.74, 6) is 2.68. The molecule has 0 spiro atoms. The zero-order chi connectivity index (χ0) is 23.5. The molecule has 174 valence electrons. The maximum atomic E-state index is 13.0. The van der Waals surface area contributed by atoms with E-state index < -0.39 is 0 Å². The fraction of sp³-hybridized carbons (Fsp3) is 0.259. The Morgan fingerprint density at radius 1 is 1.00 bits per heavy atom. The van der Waals surface area contributed by atoms with Crippen LogP contribution in [0.25, 0.3) is 16.8 Å². The van der Waals surface area contributed by atoms with Crippen LogP contribution < -0.4 is 14.8 Å². The quantitative estimate of drug-likeness (QED) is 0.435. The maximum Gasteiger partial charge on any atom is 0.321 e. The van der Waals surface area contributed by atoms with Gasteiger partial charge >= 0.3 is 6.03 Å². The van der Waals surface area contributed by atoms with Gasteiger partial charge < -0.3 is 24.1 Å². The second-order valence-corrected chi connectivity index (χ2v) is 8.45. The predicted octanol–water partition coefficient (Wildman–Crippen LogP) is 5.43. The van der Waals surface area contributed by atoms with Crippen molar-refractivity contribution < 1.29 is 14.3 Å². The van der Waals surface area contributed by atoms with Gasteiger partial charge in [-0.2, -0.15) is 0 Å². The molecule has 1 atom stereocenters. The molecule has 4 aromatic rings. The Kier molecular flexibility index (Phi) is 6.08. The Hall–Kier alpha value is -4.00. The molecule has 1 N–H and O–H groups in total. The molecule has 2 aromatic carbocycles. The Morgan fingerprint density at radius 3 is 2.62 bits per heavy atom. The number of nitrogens with one attached hydrogen (secondary N) is 1. The number of rotatable bonds is 5. The number of hydrogen-bond donors (Lipinski definition) is 1. The van der Waals surface area contributed by atoms with Crippen LogP contribution in [-0.4, -0.2) is 47.6 Å². The summed E-state index contributed by atoms with van der Waals surface area (Å²) in [5.41, 5.74) is 3.73. The summed E-state index contributed by atoms with van der Waals surface area (Å²) < 4.78 is 12.8. The summed E-state index contributed by atoms with van der Waals surface area (Å²) in [7, 11) is 3.30. The summed E-state index contributed by atoms with van der Waals surface area (Å²) in [6.45, 7) is 1.35. The lowest BCUT2D eigenvalue weighted by Crippen LogP contribution is -2.42. The van der Waals surface area contributed by atoms with Crippen molar-refractivity contribution in [2.75, 3.05) is 32.6 Å². The lowest BCUT2D eigenvalue weighted by Gasteiger charge is -2.32. The van der Waals surface area contributed by atoms with Gasteiger partial charge in [-0.1, -0.05) is 18.2 Å². The summed E-state index contributed by atoms with van der Waals surface area (Å²) in [5, 5.41) is 3.01. The van der Waals surface area contributed by atoms with Crippen LogP contribution in [0.3, 0.4) is 0 Å². The molecule has 2 aromatic heterocycles. The van der Waals surface area contributed by atoms with Crippen LogP contribution in [0.4, 0.5) is 10.5 Å². The highest BCUT2D eigenvalue weighted by Crippen LogP contribution is 2.33. The molecule has 2 amide bonds. The number of ether oxygens (including phenoxy) is 2. The Bertz CT molecular complexity index is 1300. The minimum Gasteiger partial charge on any atom is -0.497 e. The van der Waals surface area contributed by atoms with Crippen molar-refractivity contribution in [2.45, 2.75) is 18.8 Å². The van der Waals surface area contributed by atoms with Crippen LogP contribution in [0.5, 0.6) is 11.5 Å². The molecule has 0 aliphatic carbocycles. The molecule has 1 fully saturated rings. The van der Waals surface area contributed by atoms with E-state index in [4.69, 9.17) is 14.5 Å². The average Bonchev–Trinajstić information content (AvgIpc) is 3.29. The van der Waals surface area contributed by atoms with E-state index in [1.165, 1.54) is 0 Å². The number of likely N-dealkylation sites (tertiary alicyclic amines) is 1. The SMILES string of the molecule is COc1ccc(NC(=O)N2CCC[C@@H](c3nc(-c4cccc(OC)c4)c4ccccn34)C2)cc1. The predicted molar refractivity (Wildman–Crippen MR) is 133 cm³/mol. The number of nitrogens with zero attached hydrogens (tertiary/aromatic N) is 3. The normalized spacial score (nSPS) is 15.8. The van der Waals surface area contributed by atoms with Crippen molar-refractivity contribution in [3.63, 3.8) is 0 Å². The summed E-state index contributed by atoms with van der Waals surface area (Å²) in [6.07, 6.45) is 3.96. The highest BCUT2D eigenvalue weighted by atomic mass is 16.5. The van der Waals surface area contributed by atoms with E-state index in [0.29, 0.717) is 6.54 Å². The van der Waals surface area contributed by atoms with Gasteiger partial charge in [-0.3, -0.25) is 0 Å². The van der Waals surface area contributed by atoms with E-state index in [0.717, 1.165) is 59.2 Å². The van der Waals surface area contributed by atoms with Gasteiger partial charge in [0.2, 0.25) is 0 Å². The van der Waals surface area contributed by atoms with Crippen LogP contribution in [0.2, 0.25) is 0 Å². The smallest absolute Gasteiger partial charge is 0.321 e. The number of benzene rings is 2. The molecule has 3 heterocycles. The number of aromatic nitrogens is 2. The minimum absolute atomic E-state index is 0.0938. The number of imidazole rings is 1. The van der Waals surface area contributed by atoms with Crippen molar-refractivity contribution in [3.8, 4) is 22.8 Å². The van der Waals surface area contributed by atoms with Gasteiger partial charge in [0.15, 0.2) is 0 Å². The molecule has 1 aliphatic heterocycles. The van der Waals surface area contributed by atoms with Crippen molar-refractivity contribution in [3.05, 3.63) is 78.8 Å². The number of carbonyl (C=O) groups excluding carboxylic acids is 1. The molecule has 1 saturated heterocycles. The lowest BCUT2D eigenvalue weighted by atomic mass is 9.97. The van der Waals surface area contributed by atoms with Gasteiger partial charge in [0.1, 0.15) is 17.3 Å². The van der Waals surface area contributed by atoms with Gasteiger partial charge in [0.25, 0.3) is 0 Å². The molecule has 1 aliphatic rings. The molecule has 0 unspecified atom stereocenters. The van der Waals surface area contributed by atoms with Crippen LogP contribution in [0.1, 0.15) is 24.6 Å². The molecule has 0 bridgehead atoms. The Balaban J connectivity index is 1.40. The van der Waals surface area contributed by atoms with Crippen molar-refractivity contribution in [1.82, 2.24) is 14.3 Å². The van der Waals surface area contributed by atoms with E-state index >= 15 is 0 Å². The van der Waals surface area contributed by atoms with Gasteiger partial charge in [0, 0.05) is 36.5 Å². The first kappa shape index (κ1) is 21.8. The zero-order valence-electron chi connectivity index (χ0n) is 19.4. The van der Waals surface area contributed by atoms with E-state index in [2.05, 4.69) is 28.0 Å². The Labute approximate surface area is 198 Å². The van der Waals surface area contributed by atoms with E-state index in [1.54, 1.807) is 14.2 Å². The highest BCUT2D eigenvalue weighted by Gasteiger charge is 2.28. The van der Waals surface area contributed by atoms with Gasteiger partial charge in [-0.05, 0) is 61.4 Å². The third kappa shape index (κ3) is 4.29. The van der Waals surface area contributed by atoms with Crippen molar-refractivity contribution >= 4 is 17.2 Å². The van der Waals surface area contributed by atoms with E-state index in [-0.39, 0.29) is 11.9 Å². The number of amides is 2. The molecule has 34 heavy (non-hydrogen) atoms. The third-order valence-electron chi connectivity index (χ3n) is 6.33.